The van der Waals surface area contributed by atoms with Crippen LogP contribution in [0.5, 0.6) is 0 Å². The van der Waals surface area contributed by atoms with E-state index in [9.17, 15) is 4.79 Å². The zero-order valence-electron chi connectivity index (χ0n) is 8.78. The van der Waals surface area contributed by atoms with E-state index >= 15 is 0 Å². The van der Waals surface area contributed by atoms with E-state index in [1.807, 2.05) is 6.92 Å². The molecule has 1 rings (SSSR count). The minimum absolute atomic E-state index is 0.0362. The van der Waals surface area contributed by atoms with Crippen LogP contribution in [0.1, 0.15) is 28.5 Å². The van der Waals surface area contributed by atoms with Crippen molar-refractivity contribution in [1.82, 2.24) is 4.98 Å². The van der Waals surface area contributed by atoms with E-state index in [0.29, 0.717) is 17.9 Å². The number of nitrogens with zero attached hydrogens (tertiary/aromatic N) is 1. The number of ether oxygens (including phenoxy) is 1. The van der Waals surface area contributed by atoms with E-state index < -0.39 is 5.97 Å². The molecule has 5 nitrogen and oxygen atoms in total. The molecule has 0 aliphatic rings. The number of rotatable bonds is 4. The molecule has 5 heteroatoms. The maximum atomic E-state index is 10.9. The number of nitrogen functional groups attached to an aromatic ring is 1. The van der Waals surface area contributed by atoms with Crippen molar-refractivity contribution in [2.45, 2.75) is 20.5 Å². The van der Waals surface area contributed by atoms with Crippen molar-refractivity contribution in [3.05, 3.63) is 22.9 Å². The van der Waals surface area contributed by atoms with Crippen molar-refractivity contribution in [3.8, 4) is 0 Å². The minimum Gasteiger partial charge on any atom is -0.478 e. The Kier molecular flexibility index (Phi) is 3.62. The highest BCUT2D eigenvalue weighted by Crippen LogP contribution is 2.17. The van der Waals surface area contributed by atoms with Crippen LogP contribution in [-0.4, -0.2) is 22.7 Å². The lowest BCUT2D eigenvalue weighted by Gasteiger charge is -2.09. The SMILES string of the molecule is CCOCc1cc(C)nc(N)c1C(=O)O. The lowest BCUT2D eigenvalue weighted by atomic mass is 10.1. The normalized spacial score (nSPS) is 10.3. The van der Waals surface area contributed by atoms with Crippen LogP contribution in [0.25, 0.3) is 0 Å². The Morgan fingerprint density at radius 1 is 1.67 bits per heavy atom. The van der Waals surface area contributed by atoms with Crippen LogP contribution in [-0.2, 0) is 11.3 Å². The van der Waals surface area contributed by atoms with Crippen LogP contribution in [0.3, 0.4) is 0 Å². The Morgan fingerprint density at radius 2 is 2.33 bits per heavy atom. The van der Waals surface area contributed by atoms with Crippen LogP contribution >= 0.6 is 0 Å². The highest BCUT2D eigenvalue weighted by atomic mass is 16.5. The van der Waals surface area contributed by atoms with E-state index in [1.165, 1.54) is 0 Å². The summed E-state index contributed by atoms with van der Waals surface area (Å²) < 4.78 is 5.17. The molecule has 0 radical (unpaired) electrons. The van der Waals surface area contributed by atoms with Crippen molar-refractivity contribution in [2.75, 3.05) is 12.3 Å². The van der Waals surface area contributed by atoms with Gasteiger partial charge in [-0.1, -0.05) is 0 Å². The molecule has 0 saturated heterocycles. The number of aryl methyl sites for hydroxylation is 1. The Hall–Kier alpha value is -1.62. The number of anilines is 1. The fourth-order valence-electron chi connectivity index (χ4n) is 1.34. The highest BCUT2D eigenvalue weighted by molar-refractivity contribution is 5.94. The second kappa shape index (κ2) is 4.75. The molecule has 1 heterocycles. The van der Waals surface area contributed by atoms with Gasteiger partial charge in [-0.3, -0.25) is 0 Å². The first-order valence-corrected chi connectivity index (χ1v) is 4.63. The fraction of sp³-hybridized carbons (Fsp3) is 0.400. The number of hydrogen-bond donors (Lipinski definition) is 2. The van der Waals surface area contributed by atoms with E-state index in [2.05, 4.69) is 4.98 Å². The van der Waals surface area contributed by atoms with Gasteiger partial charge in [-0.2, -0.15) is 0 Å². The second-order valence-corrected chi connectivity index (χ2v) is 3.13. The van der Waals surface area contributed by atoms with Gasteiger partial charge in [-0.25, -0.2) is 9.78 Å². The molecule has 0 spiro atoms. The van der Waals surface area contributed by atoms with Gasteiger partial charge in [0.05, 0.1) is 6.61 Å². The largest absolute Gasteiger partial charge is 0.478 e. The van der Waals surface area contributed by atoms with Gasteiger partial charge in [0.15, 0.2) is 0 Å². The van der Waals surface area contributed by atoms with Crippen LogP contribution in [0, 0.1) is 6.92 Å². The summed E-state index contributed by atoms with van der Waals surface area (Å²) in [5.74, 6) is -1.04. The van der Waals surface area contributed by atoms with Gasteiger partial charge in [0.1, 0.15) is 11.4 Å². The van der Waals surface area contributed by atoms with Crippen LogP contribution in [0.4, 0.5) is 5.82 Å². The number of carbonyl (C=O) groups is 1. The fourth-order valence-corrected chi connectivity index (χ4v) is 1.34. The average Bonchev–Trinajstić information content (AvgIpc) is 2.12. The smallest absolute Gasteiger partial charge is 0.339 e. The van der Waals surface area contributed by atoms with Gasteiger partial charge in [-0.05, 0) is 25.5 Å². The molecule has 0 aliphatic heterocycles. The van der Waals surface area contributed by atoms with E-state index in [4.69, 9.17) is 15.6 Å². The van der Waals surface area contributed by atoms with Crippen molar-refractivity contribution in [3.63, 3.8) is 0 Å². The summed E-state index contributed by atoms with van der Waals surface area (Å²) in [5.41, 5.74) is 6.83. The third kappa shape index (κ3) is 2.66. The number of aromatic nitrogens is 1. The molecule has 0 fully saturated rings. The predicted molar refractivity (Wildman–Crippen MR) is 55.7 cm³/mol. The van der Waals surface area contributed by atoms with Gasteiger partial charge in [0.2, 0.25) is 0 Å². The van der Waals surface area contributed by atoms with Gasteiger partial charge >= 0.3 is 5.97 Å². The standard InChI is InChI=1S/C10H14N2O3/c1-3-15-5-7-4-6(2)12-9(11)8(7)10(13)14/h4H,3,5H2,1-2H3,(H2,11,12)(H,13,14). The first kappa shape index (κ1) is 11.5. The summed E-state index contributed by atoms with van der Waals surface area (Å²) in [5, 5.41) is 8.96. The summed E-state index contributed by atoms with van der Waals surface area (Å²) in [6.07, 6.45) is 0. The van der Waals surface area contributed by atoms with Crippen molar-refractivity contribution in [2.24, 2.45) is 0 Å². The number of hydrogen-bond acceptors (Lipinski definition) is 4. The van der Waals surface area contributed by atoms with Crippen LogP contribution in [0.15, 0.2) is 6.07 Å². The predicted octanol–water partition coefficient (Wildman–Crippen LogP) is 1.21. The third-order valence-corrected chi connectivity index (χ3v) is 1.93. The van der Waals surface area contributed by atoms with Crippen LogP contribution in [0.2, 0.25) is 0 Å². The Morgan fingerprint density at radius 3 is 2.87 bits per heavy atom. The first-order chi connectivity index (χ1) is 7.06. The van der Waals surface area contributed by atoms with E-state index in [0.717, 1.165) is 0 Å². The molecule has 0 atom stereocenters. The molecule has 15 heavy (non-hydrogen) atoms. The number of aromatic carboxylic acids is 1. The summed E-state index contributed by atoms with van der Waals surface area (Å²) in [4.78, 5) is 14.8. The monoisotopic (exact) mass is 210 g/mol. The van der Waals surface area contributed by atoms with Crippen molar-refractivity contribution >= 4 is 11.8 Å². The maximum absolute atomic E-state index is 10.9. The second-order valence-electron chi connectivity index (χ2n) is 3.13. The number of carboxylic acid groups (broad SMARTS) is 1. The zero-order chi connectivity index (χ0) is 11.4. The summed E-state index contributed by atoms with van der Waals surface area (Å²) in [6, 6.07) is 1.68. The van der Waals surface area contributed by atoms with Crippen molar-refractivity contribution in [1.29, 1.82) is 0 Å². The summed E-state index contributed by atoms with van der Waals surface area (Å²) in [7, 11) is 0. The lowest BCUT2D eigenvalue weighted by Crippen LogP contribution is -2.11. The molecule has 1 aromatic rings. The summed E-state index contributed by atoms with van der Waals surface area (Å²) in [6.45, 7) is 4.38. The highest BCUT2D eigenvalue weighted by Gasteiger charge is 2.15. The van der Waals surface area contributed by atoms with E-state index in [1.54, 1.807) is 13.0 Å². The number of pyridine rings is 1. The first-order valence-electron chi connectivity index (χ1n) is 4.63. The molecule has 0 saturated carbocycles. The molecule has 3 N–H and O–H groups in total. The minimum atomic E-state index is -1.07. The molecule has 0 unspecified atom stereocenters. The van der Waals surface area contributed by atoms with Gasteiger partial charge in [0.25, 0.3) is 0 Å². The van der Waals surface area contributed by atoms with Gasteiger partial charge in [0, 0.05) is 12.3 Å². The van der Waals surface area contributed by atoms with Gasteiger partial charge < -0.3 is 15.6 Å². The summed E-state index contributed by atoms with van der Waals surface area (Å²) >= 11 is 0. The molecule has 0 bridgehead atoms. The Bertz CT molecular complexity index is 377. The average molecular weight is 210 g/mol. The van der Waals surface area contributed by atoms with E-state index in [-0.39, 0.29) is 18.0 Å². The molecule has 1 aromatic heterocycles. The molecule has 0 amide bonds. The molecular weight excluding hydrogens is 196 g/mol. The number of carboxylic acids is 1. The van der Waals surface area contributed by atoms with Crippen LogP contribution < -0.4 is 5.73 Å². The molecule has 0 aliphatic carbocycles. The molecule has 0 aromatic carbocycles. The Labute approximate surface area is 87.9 Å². The topological polar surface area (TPSA) is 85.4 Å². The quantitative estimate of drug-likeness (QED) is 0.780. The zero-order valence-corrected chi connectivity index (χ0v) is 8.78. The maximum Gasteiger partial charge on any atom is 0.339 e. The van der Waals surface area contributed by atoms with Gasteiger partial charge in [-0.15, -0.1) is 0 Å². The number of nitrogens with two attached hydrogens (primary N) is 1. The third-order valence-electron chi connectivity index (χ3n) is 1.93. The van der Waals surface area contributed by atoms with Crippen molar-refractivity contribution < 1.29 is 14.6 Å². The lowest BCUT2D eigenvalue weighted by molar-refractivity contribution is 0.0689. The molecule has 82 valence electrons. The molecular formula is C10H14N2O3. The Balaban J connectivity index is 3.14.